The topological polar surface area (TPSA) is 88.5 Å². The van der Waals surface area contributed by atoms with Gasteiger partial charge in [0, 0.05) is 0 Å². The molecule has 0 aromatic carbocycles. The molecule has 3 nitrogen and oxygen atoms in total. The summed E-state index contributed by atoms with van der Waals surface area (Å²) in [5.74, 6) is 0. The first-order chi connectivity index (χ1) is 0. The van der Waals surface area contributed by atoms with Gasteiger partial charge in [0.15, 0.2) is 0 Å². The fourth-order valence-electron chi connectivity index (χ4n) is 0. The molecule has 0 bridgehead atoms. The molecule has 0 fully saturated rings. The first-order valence-corrected chi connectivity index (χ1v) is 0. The molecular weight excluding hydrogens is 191 g/mol. The second-order valence-electron chi connectivity index (χ2n) is 0. The molecule has 0 radical (unpaired) electrons. The molecule has 0 aromatic rings. The third kappa shape index (κ3) is 36.8. The third-order valence-electron chi connectivity index (χ3n) is 0. The first kappa shape index (κ1) is 61.0. The Morgan fingerprint density at radius 1 is 0.571 bits per heavy atom. The van der Waals surface area contributed by atoms with Crippen molar-refractivity contribution in [2.24, 2.45) is 0 Å². The minimum absolute atomic E-state index is 0. The summed E-state index contributed by atoms with van der Waals surface area (Å²) in [7, 11) is 0. The van der Waals surface area contributed by atoms with E-state index in [0.29, 0.717) is 0 Å². The Morgan fingerprint density at radius 2 is 0.571 bits per heavy atom. The van der Waals surface area contributed by atoms with Crippen LogP contribution in [0.4, 0.5) is 0 Å². The van der Waals surface area contributed by atoms with Crippen LogP contribution in [0, 0.1) is 0 Å². The maximum Gasteiger partial charge on any atom is 2.00 e. The molecule has 0 saturated carbocycles. The smallest absolute Gasteiger partial charge is 2.00 e. The molecule has 0 rings (SSSR count). The largest absolute Gasteiger partial charge is 2.00 e. The summed E-state index contributed by atoms with van der Waals surface area (Å²) in [5, 5.41) is 0. The molecule has 0 saturated heterocycles. The van der Waals surface area contributed by atoms with Crippen molar-refractivity contribution in [2.75, 3.05) is 0 Å². The summed E-state index contributed by atoms with van der Waals surface area (Å²) < 4.78 is 0. The minimum Gasteiger partial charge on any atom is -2.00 e. The molecule has 7 heteroatoms. The summed E-state index contributed by atoms with van der Waals surface area (Å²) in [6.45, 7) is 0. The Kier molecular flexibility index (Phi) is 399. The van der Waals surface area contributed by atoms with Gasteiger partial charge in [0.1, 0.15) is 0 Å². The van der Waals surface area contributed by atoms with E-state index in [1.54, 1.807) is 0 Å². The zero-order chi connectivity index (χ0) is 0. The Labute approximate surface area is 155 Å². The standard InChI is InChI=1S/3Ca.Na.2H2O.O/h;;;;2*1H2;/q3*+2;+1;;;-2/p-2. The van der Waals surface area contributed by atoms with Gasteiger partial charge in [0.05, 0.1) is 0 Å². The quantitative estimate of drug-likeness (QED) is 0.362. The van der Waals surface area contributed by atoms with Gasteiger partial charge in [0.2, 0.25) is 0 Å². The normalized spacial score (nSPS) is 0. The molecule has 0 spiro atoms. The number of rotatable bonds is 0. The SMILES string of the molecule is [Ca+2].[Ca+2].[Ca+2].[Na+].[O-2].[OH-].[OH-]. The fraction of sp³-hybridized carbons (Fsp3) is 0. The van der Waals surface area contributed by atoms with Crippen molar-refractivity contribution in [3.63, 3.8) is 0 Å². The molecule has 0 aliphatic carbocycles. The van der Waals surface area contributed by atoms with Crippen LogP contribution in [0.2, 0.25) is 0 Å². The van der Waals surface area contributed by atoms with E-state index in [4.69, 9.17) is 0 Å². The van der Waals surface area contributed by atoms with Crippen LogP contribution in [0.3, 0.4) is 0 Å². The van der Waals surface area contributed by atoms with Gasteiger partial charge in [-0.3, -0.25) is 0 Å². The minimum atomic E-state index is 0. The summed E-state index contributed by atoms with van der Waals surface area (Å²) in [4.78, 5) is 0. The number of hydrogen-bond donors (Lipinski definition) is 0. The molecular formula is H2Ca3NaO3+3. The Hall–Kier alpha value is 4.66. The Balaban J connectivity index is 0. The monoisotopic (exact) mass is 193 g/mol. The molecule has 0 amide bonds. The van der Waals surface area contributed by atoms with Crippen LogP contribution < -0.4 is 29.6 Å². The molecule has 0 aromatic heterocycles. The van der Waals surface area contributed by atoms with Crippen LogP contribution in [0.1, 0.15) is 0 Å². The molecule has 0 atom stereocenters. The van der Waals surface area contributed by atoms with Crippen LogP contribution in [-0.2, 0) is 5.48 Å². The van der Waals surface area contributed by atoms with Gasteiger partial charge >= 0.3 is 143 Å². The van der Waals surface area contributed by atoms with E-state index in [1.807, 2.05) is 0 Å². The van der Waals surface area contributed by atoms with E-state index in [0.717, 1.165) is 0 Å². The van der Waals surface area contributed by atoms with Crippen LogP contribution in [0.25, 0.3) is 0 Å². The zero-order valence-electron chi connectivity index (χ0n) is 4.42. The molecule has 0 unspecified atom stereocenters. The summed E-state index contributed by atoms with van der Waals surface area (Å²) in [6.07, 6.45) is 0. The second kappa shape index (κ2) is 45.8. The first-order valence-electron chi connectivity index (χ1n) is 0. The third-order valence-corrected chi connectivity index (χ3v) is 0. The van der Waals surface area contributed by atoms with Gasteiger partial charge in [-0.15, -0.1) is 0 Å². The average Bonchev–Trinajstić information content (AvgIpc) is 0. The molecule has 2 N–H and O–H groups in total. The molecule has 0 heterocycles. The maximum absolute atomic E-state index is 0. The van der Waals surface area contributed by atoms with Crippen molar-refractivity contribution >= 4 is 113 Å². The molecule has 0 aliphatic rings. The zero-order valence-corrected chi connectivity index (χ0v) is 13.0. The predicted octanol–water partition coefficient (Wildman–Crippen LogP) is -4.61. The predicted molar refractivity (Wildman–Crippen MR) is 21.8 cm³/mol. The van der Waals surface area contributed by atoms with Crippen molar-refractivity contribution in [1.29, 1.82) is 0 Å². The van der Waals surface area contributed by atoms with E-state index in [-0.39, 0.29) is 159 Å². The summed E-state index contributed by atoms with van der Waals surface area (Å²) >= 11 is 0. The Bertz CT molecular complexity index is 10.1. The van der Waals surface area contributed by atoms with Crippen molar-refractivity contribution in [3.8, 4) is 0 Å². The van der Waals surface area contributed by atoms with E-state index in [9.17, 15) is 0 Å². The van der Waals surface area contributed by atoms with Gasteiger partial charge in [-0.1, -0.05) is 0 Å². The number of hydrogen-bond acceptors (Lipinski definition) is 2. The van der Waals surface area contributed by atoms with Gasteiger partial charge < -0.3 is 16.4 Å². The van der Waals surface area contributed by atoms with Crippen molar-refractivity contribution in [3.05, 3.63) is 0 Å². The fourth-order valence-corrected chi connectivity index (χ4v) is 0. The molecule has 0 aliphatic heterocycles. The van der Waals surface area contributed by atoms with Crippen LogP contribution in [-0.4, -0.2) is 124 Å². The van der Waals surface area contributed by atoms with Crippen molar-refractivity contribution < 1.29 is 46.0 Å². The van der Waals surface area contributed by atoms with E-state index >= 15 is 0 Å². The van der Waals surface area contributed by atoms with Gasteiger partial charge in [-0.2, -0.15) is 0 Å². The van der Waals surface area contributed by atoms with Gasteiger partial charge in [-0.25, -0.2) is 0 Å². The van der Waals surface area contributed by atoms with Crippen LogP contribution >= 0.6 is 0 Å². The van der Waals surface area contributed by atoms with Crippen molar-refractivity contribution in [1.82, 2.24) is 0 Å². The van der Waals surface area contributed by atoms with Gasteiger partial charge in [0.25, 0.3) is 0 Å². The van der Waals surface area contributed by atoms with Crippen LogP contribution in [0.5, 0.6) is 0 Å². The van der Waals surface area contributed by atoms with Crippen LogP contribution in [0.15, 0.2) is 0 Å². The van der Waals surface area contributed by atoms with E-state index < -0.39 is 0 Å². The maximum atomic E-state index is 0. The van der Waals surface area contributed by atoms with Crippen molar-refractivity contribution in [2.45, 2.75) is 0 Å². The Morgan fingerprint density at radius 3 is 0.571 bits per heavy atom. The summed E-state index contributed by atoms with van der Waals surface area (Å²) in [6, 6.07) is 0. The van der Waals surface area contributed by atoms with E-state index in [1.165, 1.54) is 0 Å². The summed E-state index contributed by atoms with van der Waals surface area (Å²) in [5.41, 5.74) is 0. The average molecular weight is 193 g/mol. The molecule has 24 valence electrons. The van der Waals surface area contributed by atoms with E-state index in [2.05, 4.69) is 0 Å². The second-order valence-corrected chi connectivity index (χ2v) is 0. The van der Waals surface area contributed by atoms with Gasteiger partial charge in [-0.05, 0) is 0 Å². The molecule has 7 heavy (non-hydrogen) atoms.